The van der Waals surface area contributed by atoms with Gasteiger partial charge in [-0.25, -0.2) is 0 Å². The monoisotopic (exact) mass is 285 g/mol. The van der Waals surface area contributed by atoms with Crippen LogP contribution in [0.3, 0.4) is 0 Å². The lowest BCUT2D eigenvalue weighted by atomic mass is 10.1. The molecule has 1 aromatic heterocycles. The van der Waals surface area contributed by atoms with Crippen LogP contribution in [0.2, 0.25) is 0 Å². The molecule has 1 aliphatic heterocycles. The molecule has 1 saturated heterocycles. The Hall–Kier alpha value is -2.14. The predicted octanol–water partition coefficient (Wildman–Crippen LogP) is 1.56. The number of Topliss-reactive ketones (excluding diaryl/α,β-unsaturated/α-hetero) is 1. The number of fused-ring (bicyclic) bond motifs is 1. The molecule has 2 heterocycles. The van der Waals surface area contributed by atoms with Crippen molar-refractivity contribution in [1.29, 1.82) is 0 Å². The summed E-state index contributed by atoms with van der Waals surface area (Å²) in [6.07, 6.45) is 2.69. The SMILES string of the molecule is CC(=O)NC1CCN(CC(=O)c2c[nH]c3ccccc23)C1. The first-order chi connectivity index (χ1) is 10.1. The van der Waals surface area contributed by atoms with Crippen molar-refractivity contribution in [2.45, 2.75) is 19.4 Å². The largest absolute Gasteiger partial charge is 0.360 e. The van der Waals surface area contributed by atoms with Crippen LogP contribution in [0.25, 0.3) is 10.9 Å². The van der Waals surface area contributed by atoms with Crippen LogP contribution in [0.4, 0.5) is 0 Å². The van der Waals surface area contributed by atoms with Crippen LogP contribution in [-0.2, 0) is 4.79 Å². The predicted molar refractivity (Wildman–Crippen MR) is 81.3 cm³/mol. The topological polar surface area (TPSA) is 65.2 Å². The maximum atomic E-state index is 12.5. The number of carbonyl (C=O) groups is 2. The Bertz CT molecular complexity index is 677. The summed E-state index contributed by atoms with van der Waals surface area (Å²) in [5.74, 6) is 0.112. The van der Waals surface area contributed by atoms with Crippen LogP contribution in [0.5, 0.6) is 0 Å². The number of benzene rings is 1. The molecule has 1 unspecified atom stereocenters. The van der Waals surface area contributed by atoms with Gasteiger partial charge in [-0.3, -0.25) is 14.5 Å². The van der Waals surface area contributed by atoms with Gasteiger partial charge < -0.3 is 10.3 Å². The summed E-state index contributed by atoms with van der Waals surface area (Å²) >= 11 is 0. The number of likely N-dealkylation sites (tertiary alicyclic amines) is 1. The zero-order valence-electron chi connectivity index (χ0n) is 12.1. The highest BCUT2D eigenvalue weighted by Gasteiger charge is 2.25. The van der Waals surface area contributed by atoms with Crippen LogP contribution in [-0.4, -0.2) is 47.3 Å². The van der Waals surface area contributed by atoms with E-state index in [-0.39, 0.29) is 17.7 Å². The van der Waals surface area contributed by atoms with Crippen molar-refractivity contribution in [2.75, 3.05) is 19.6 Å². The Labute approximate surface area is 123 Å². The van der Waals surface area contributed by atoms with Gasteiger partial charge in [0.25, 0.3) is 0 Å². The number of para-hydroxylation sites is 1. The minimum absolute atomic E-state index is 0.00944. The molecule has 0 bridgehead atoms. The van der Waals surface area contributed by atoms with E-state index in [4.69, 9.17) is 0 Å². The number of nitrogens with one attached hydrogen (secondary N) is 2. The second-order valence-corrected chi connectivity index (χ2v) is 5.59. The number of rotatable bonds is 4. The molecule has 2 aromatic rings. The first kappa shape index (κ1) is 13.8. The molecule has 1 aliphatic rings. The van der Waals surface area contributed by atoms with Gasteiger partial charge >= 0.3 is 0 Å². The molecule has 1 aromatic carbocycles. The third-order valence-corrected chi connectivity index (χ3v) is 3.94. The number of H-pyrrole nitrogens is 1. The molecule has 0 radical (unpaired) electrons. The zero-order valence-corrected chi connectivity index (χ0v) is 12.1. The van der Waals surface area contributed by atoms with E-state index in [2.05, 4.69) is 15.2 Å². The normalized spacial score (nSPS) is 19.0. The Kier molecular flexibility index (Phi) is 3.75. The van der Waals surface area contributed by atoms with Crippen molar-refractivity contribution in [3.63, 3.8) is 0 Å². The molecule has 5 heteroatoms. The van der Waals surface area contributed by atoms with Crippen LogP contribution in [0.1, 0.15) is 23.7 Å². The molecule has 2 N–H and O–H groups in total. The number of carbonyl (C=O) groups excluding carboxylic acids is 2. The van der Waals surface area contributed by atoms with E-state index in [0.717, 1.165) is 36.0 Å². The van der Waals surface area contributed by atoms with Crippen molar-refractivity contribution < 1.29 is 9.59 Å². The van der Waals surface area contributed by atoms with Crippen molar-refractivity contribution >= 4 is 22.6 Å². The Morgan fingerprint density at radius 3 is 3.00 bits per heavy atom. The highest BCUT2D eigenvalue weighted by atomic mass is 16.1. The zero-order chi connectivity index (χ0) is 14.8. The highest BCUT2D eigenvalue weighted by molar-refractivity contribution is 6.08. The number of aromatic nitrogens is 1. The van der Waals surface area contributed by atoms with Gasteiger partial charge in [-0.15, -0.1) is 0 Å². The molecular weight excluding hydrogens is 266 g/mol. The summed E-state index contributed by atoms with van der Waals surface area (Å²) in [5, 5.41) is 3.88. The van der Waals surface area contributed by atoms with Gasteiger partial charge in [-0.1, -0.05) is 18.2 Å². The highest BCUT2D eigenvalue weighted by Crippen LogP contribution is 2.19. The molecule has 21 heavy (non-hydrogen) atoms. The van der Waals surface area contributed by atoms with Crippen molar-refractivity contribution in [3.8, 4) is 0 Å². The summed E-state index contributed by atoms with van der Waals surface area (Å²) in [5.41, 5.74) is 1.73. The minimum Gasteiger partial charge on any atom is -0.360 e. The average molecular weight is 285 g/mol. The van der Waals surface area contributed by atoms with E-state index >= 15 is 0 Å². The van der Waals surface area contributed by atoms with Crippen LogP contribution in [0, 0.1) is 0 Å². The average Bonchev–Trinajstić information content (AvgIpc) is 3.04. The van der Waals surface area contributed by atoms with Gasteiger partial charge in [0.2, 0.25) is 5.91 Å². The fraction of sp³-hybridized carbons (Fsp3) is 0.375. The summed E-state index contributed by atoms with van der Waals surface area (Å²) in [6, 6.07) is 7.98. The first-order valence-electron chi connectivity index (χ1n) is 7.22. The van der Waals surface area contributed by atoms with E-state index in [0.29, 0.717) is 6.54 Å². The smallest absolute Gasteiger partial charge is 0.217 e. The maximum Gasteiger partial charge on any atom is 0.217 e. The molecular formula is C16H19N3O2. The van der Waals surface area contributed by atoms with Gasteiger partial charge in [-0.05, 0) is 12.5 Å². The molecule has 3 rings (SSSR count). The lowest BCUT2D eigenvalue weighted by molar-refractivity contribution is -0.119. The lowest BCUT2D eigenvalue weighted by Gasteiger charge is -2.15. The molecule has 0 aliphatic carbocycles. The van der Waals surface area contributed by atoms with Gasteiger partial charge in [-0.2, -0.15) is 0 Å². The minimum atomic E-state index is -0.00944. The Morgan fingerprint density at radius 1 is 1.38 bits per heavy atom. The Balaban J connectivity index is 1.66. The molecule has 1 atom stereocenters. The van der Waals surface area contributed by atoms with Crippen molar-refractivity contribution in [3.05, 3.63) is 36.0 Å². The quantitative estimate of drug-likeness (QED) is 0.838. The molecule has 110 valence electrons. The van der Waals surface area contributed by atoms with Gasteiger partial charge in [0.15, 0.2) is 5.78 Å². The molecule has 1 fully saturated rings. The maximum absolute atomic E-state index is 12.5. The summed E-state index contributed by atoms with van der Waals surface area (Å²) in [4.78, 5) is 28.8. The third kappa shape index (κ3) is 2.97. The second kappa shape index (κ2) is 5.69. The summed E-state index contributed by atoms with van der Waals surface area (Å²) < 4.78 is 0. The van der Waals surface area contributed by atoms with E-state index in [1.807, 2.05) is 24.3 Å². The lowest BCUT2D eigenvalue weighted by Crippen LogP contribution is -2.36. The molecule has 1 amide bonds. The number of aromatic amines is 1. The first-order valence-corrected chi connectivity index (χ1v) is 7.22. The number of amides is 1. The van der Waals surface area contributed by atoms with E-state index in [1.54, 1.807) is 6.20 Å². The standard InChI is InChI=1S/C16H19N3O2/c1-11(20)18-12-6-7-19(9-12)10-16(21)14-8-17-15-5-3-2-4-13(14)15/h2-5,8,12,17H,6-7,9-10H2,1H3,(H,18,20). The van der Waals surface area contributed by atoms with E-state index in [1.165, 1.54) is 6.92 Å². The summed E-state index contributed by atoms with van der Waals surface area (Å²) in [6.45, 7) is 3.52. The molecule has 5 nitrogen and oxygen atoms in total. The van der Waals surface area contributed by atoms with Crippen LogP contribution < -0.4 is 5.32 Å². The van der Waals surface area contributed by atoms with Gasteiger partial charge in [0.1, 0.15) is 0 Å². The van der Waals surface area contributed by atoms with Gasteiger partial charge in [0.05, 0.1) is 6.54 Å². The number of hydrogen-bond acceptors (Lipinski definition) is 3. The fourth-order valence-corrected chi connectivity index (χ4v) is 2.97. The number of ketones is 1. The summed E-state index contributed by atoms with van der Waals surface area (Å²) in [7, 11) is 0. The molecule has 0 saturated carbocycles. The van der Waals surface area contributed by atoms with Crippen LogP contribution >= 0.6 is 0 Å². The van der Waals surface area contributed by atoms with Crippen molar-refractivity contribution in [2.24, 2.45) is 0 Å². The van der Waals surface area contributed by atoms with E-state index < -0.39 is 0 Å². The second-order valence-electron chi connectivity index (χ2n) is 5.59. The Morgan fingerprint density at radius 2 is 2.19 bits per heavy atom. The number of nitrogens with zero attached hydrogens (tertiary/aromatic N) is 1. The number of hydrogen-bond donors (Lipinski definition) is 2. The van der Waals surface area contributed by atoms with Gasteiger partial charge in [0, 0.05) is 48.7 Å². The van der Waals surface area contributed by atoms with Crippen LogP contribution in [0.15, 0.2) is 30.5 Å². The van der Waals surface area contributed by atoms with E-state index in [9.17, 15) is 9.59 Å². The van der Waals surface area contributed by atoms with Crippen molar-refractivity contribution in [1.82, 2.24) is 15.2 Å². The third-order valence-electron chi connectivity index (χ3n) is 3.94. The fourth-order valence-electron chi connectivity index (χ4n) is 2.97. The molecule has 0 spiro atoms.